The van der Waals surface area contributed by atoms with Gasteiger partial charge in [-0.05, 0) is 25.5 Å². The lowest BCUT2D eigenvalue weighted by molar-refractivity contribution is 0.368. The van der Waals surface area contributed by atoms with E-state index in [1.165, 1.54) is 4.31 Å². The van der Waals surface area contributed by atoms with E-state index in [4.69, 9.17) is 0 Å². The number of nitrogens with one attached hydrogen (secondary N) is 1. The molecular weight excluding hydrogens is 493 g/mol. The van der Waals surface area contributed by atoms with E-state index >= 15 is 0 Å². The summed E-state index contributed by atoms with van der Waals surface area (Å²) in [6, 6.07) is 7.39. The van der Waals surface area contributed by atoms with Crippen LogP contribution < -0.4 is 10.2 Å². The van der Waals surface area contributed by atoms with E-state index in [1.54, 1.807) is 6.07 Å². The number of hydrogen-bond donors (Lipinski definition) is 2. The molecule has 2 aliphatic heterocycles. The van der Waals surface area contributed by atoms with Gasteiger partial charge < -0.3 is 20.2 Å². The third-order valence-electron chi connectivity index (χ3n) is 4.95. The fourth-order valence-electron chi connectivity index (χ4n) is 3.53. The fourth-order valence-corrected chi connectivity index (χ4v) is 5.05. The highest BCUT2D eigenvalue weighted by atomic mass is 127. The normalized spacial score (nSPS) is 20.1. The first-order valence-electron chi connectivity index (χ1n) is 9.55. The molecule has 2 saturated heterocycles. The van der Waals surface area contributed by atoms with Crippen molar-refractivity contribution < 1.29 is 13.5 Å². The first-order chi connectivity index (χ1) is 13.0. The number of hydrogen-bond acceptors (Lipinski definition) is 5. The van der Waals surface area contributed by atoms with Crippen LogP contribution in [0.3, 0.4) is 0 Å². The van der Waals surface area contributed by atoms with Crippen molar-refractivity contribution in [1.29, 1.82) is 0 Å². The van der Waals surface area contributed by atoms with Crippen molar-refractivity contribution in [1.82, 2.24) is 14.5 Å². The monoisotopic (exact) mass is 523 g/mol. The van der Waals surface area contributed by atoms with Crippen LogP contribution in [0, 0.1) is 0 Å². The Morgan fingerprint density at radius 1 is 1.18 bits per heavy atom. The Morgan fingerprint density at radius 3 is 2.50 bits per heavy atom. The predicted molar refractivity (Wildman–Crippen MR) is 123 cm³/mol. The fraction of sp³-hybridized carbons (Fsp3) is 0.611. The summed E-state index contributed by atoms with van der Waals surface area (Å²) in [5.41, 5.74) is 0.860. The Bertz CT molecular complexity index is 766. The molecule has 1 aromatic carbocycles. The molecule has 0 amide bonds. The number of guanidine groups is 1. The van der Waals surface area contributed by atoms with E-state index in [1.807, 2.05) is 25.1 Å². The molecule has 0 aliphatic carbocycles. The Morgan fingerprint density at radius 2 is 1.89 bits per heavy atom. The average molecular weight is 523 g/mol. The molecule has 2 aliphatic rings. The number of aromatic hydroxyl groups is 1. The second kappa shape index (κ2) is 10.5. The number of piperazine rings is 1. The average Bonchev–Trinajstić information content (AvgIpc) is 3.00. The van der Waals surface area contributed by atoms with Gasteiger partial charge in [0, 0.05) is 45.8 Å². The van der Waals surface area contributed by atoms with Crippen molar-refractivity contribution >= 4 is 45.6 Å². The highest BCUT2D eigenvalue weighted by Crippen LogP contribution is 2.27. The highest BCUT2D eigenvalue weighted by Gasteiger charge is 2.27. The van der Waals surface area contributed by atoms with Crippen LogP contribution in [0.2, 0.25) is 0 Å². The molecule has 158 valence electrons. The molecule has 0 radical (unpaired) electrons. The lowest BCUT2D eigenvalue weighted by atomic mass is 10.2. The third kappa shape index (κ3) is 5.63. The van der Waals surface area contributed by atoms with Gasteiger partial charge in [-0.3, -0.25) is 4.99 Å². The van der Waals surface area contributed by atoms with E-state index in [0.29, 0.717) is 31.8 Å². The number of phenols is 1. The van der Waals surface area contributed by atoms with Crippen molar-refractivity contribution in [3.05, 3.63) is 24.3 Å². The van der Waals surface area contributed by atoms with Crippen LogP contribution in [-0.4, -0.2) is 86.8 Å². The van der Waals surface area contributed by atoms with E-state index in [-0.39, 0.29) is 29.7 Å². The third-order valence-corrected chi connectivity index (χ3v) is 6.91. The maximum atomic E-state index is 11.9. The molecule has 0 unspecified atom stereocenters. The molecule has 0 bridgehead atoms. The van der Waals surface area contributed by atoms with Crippen molar-refractivity contribution in [3.8, 4) is 5.75 Å². The maximum Gasteiger partial charge on any atom is 0.214 e. The lowest BCUT2D eigenvalue weighted by Crippen LogP contribution is -2.52. The number of benzene rings is 1. The Hall–Kier alpha value is -1.27. The number of phenolic OH excluding ortho intramolecular Hbond substituents is 1. The summed E-state index contributed by atoms with van der Waals surface area (Å²) in [6.07, 6.45) is 0.709. The molecule has 2 heterocycles. The molecule has 1 aromatic rings. The number of nitrogens with zero attached hydrogens (tertiary/aromatic N) is 4. The van der Waals surface area contributed by atoms with Crippen LogP contribution in [0.4, 0.5) is 5.69 Å². The zero-order valence-electron chi connectivity index (χ0n) is 16.2. The Labute approximate surface area is 184 Å². The van der Waals surface area contributed by atoms with E-state index in [2.05, 4.69) is 20.1 Å². The van der Waals surface area contributed by atoms with E-state index in [9.17, 15) is 13.5 Å². The van der Waals surface area contributed by atoms with Crippen LogP contribution in [0.5, 0.6) is 5.75 Å². The standard InChI is InChI=1S/C18H29N5O3S.HI/c1-2-19-18(20-8-10-23-9-5-15-27(23,25)26)22-13-11-21(12-14-22)16-6-3-4-7-17(16)24;/h3-4,6-7,24H,2,5,8-15H2,1H3,(H,19,20);1H. The summed E-state index contributed by atoms with van der Waals surface area (Å²) >= 11 is 0. The number of anilines is 1. The lowest BCUT2D eigenvalue weighted by Gasteiger charge is -2.38. The van der Waals surface area contributed by atoms with Gasteiger partial charge in [0.15, 0.2) is 5.96 Å². The van der Waals surface area contributed by atoms with Gasteiger partial charge in [-0.1, -0.05) is 12.1 Å². The molecule has 10 heteroatoms. The van der Waals surface area contributed by atoms with Gasteiger partial charge in [0.25, 0.3) is 0 Å². The minimum Gasteiger partial charge on any atom is -0.506 e. The minimum absolute atomic E-state index is 0. The van der Waals surface area contributed by atoms with Crippen molar-refractivity contribution in [2.75, 3.05) is 63.0 Å². The smallest absolute Gasteiger partial charge is 0.214 e. The van der Waals surface area contributed by atoms with Gasteiger partial charge in [0.2, 0.25) is 10.0 Å². The Balaban J connectivity index is 0.00000280. The minimum atomic E-state index is -3.06. The summed E-state index contributed by atoms with van der Waals surface area (Å²) in [6.45, 7) is 7.47. The van der Waals surface area contributed by atoms with Crippen LogP contribution in [0.25, 0.3) is 0 Å². The number of halogens is 1. The molecule has 0 spiro atoms. The SMILES string of the molecule is CCNC(=NCCN1CCCS1(=O)=O)N1CCN(c2ccccc2O)CC1.I. The molecule has 0 atom stereocenters. The number of rotatable bonds is 5. The first kappa shape index (κ1) is 23.0. The highest BCUT2D eigenvalue weighted by molar-refractivity contribution is 14.0. The zero-order valence-corrected chi connectivity index (χ0v) is 19.4. The summed E-state index contributed by atoms with van der Waals surface area (Å²) in [5.74, 6) is 1.38. The van der Waals surface area contributed by atoms with Crippen molar-refractivity contribution in [3.63, 3.8) is 0 Å². The molecule has 3 rings (SSSR count). The summed E-state index contributed by atoms with van der Waals surface area (Å²) in [4.78, 5) is 9.00. The van der Waals surface area contributed by atoms with Crippen LogP contribution in [-0.2, 0) is 10.0 Å². The summed E-state index contributed by atoms with van der Waals surface area (Å²) in [5, 5.41) is 13.3. The second-order valence-corrected chi connectivity index (χ2v) is 8.86. The maximum absolute atomic E-state index is 11.9. The van der Waals surface area contributed by atoms with Gasteiger partial charge in [0.1, 0.15) is 5.75 Å². The number of para-hydroxylation sites is 2. The molecule has 0 aromatic heterocycles. The van der Waals surface area contributed by atoms with Gasteiger partial charge in [-0.25, -0.2) is 12.7 Å². The molecule has 8 nitrogen and oxygen atoms in total. The first-order valence-corrected chi connectivity index (χ1v) is 11.2. The molecule has 2 N–H and O–H groups in total. The summed E-state index contributed by atoms with van der Waals surface area (Å²) < 4.78 is 25.3. The van der Waals surface area contributed by atoms with Crippen LogP contribution in [0.15, 0.2) is 29.3 Å². The topological polar surface area (TPSA) is 88.5 Å². The van der Waals surface area contributed by atoms with E-state index in [0.717, 1.165) is 44.4 Å². The molecule has 28 heavy (non-hydrogen) atoms. The predicted octanol–water partition coefficient (Wildman–Crippen LogP) is 1.13. The van der Waals surface area contributed by atoms with Gasteiger partial charge in [0.05, 0.1) is 18.0 Å². The van der Waals surface area contributed by atoms with Crippen LogP contribution in [0.1, 0.15) is 13.3 Å². The van der Waals surface area contributed by atoms with Crippen LogP contribution >= 0.6 is 24.0 Å². The molecule has 2 fully saturated rings. The van der Waals surface area contributed by atoms with Gasteiger partial charge in [-0.2, -0.15) is 0 Å². The van der Waals surface area contributed by atoms with E-state index < -0.39 is 10.0 Å². The molecular formula is C18H30IN5O3S. The van der Waals surface area contributed by atoms with Crippen molar-refractivity contribution in [2.24, 2.45) is 4.99 Å². The second-order valence-electron chi connectivity index (χ2n) is 6.77. The number of sulfonamides is 1. The van der Waals surface area contributed by atoms with Crippen molar-refractivity contribution in [2.45, 2.75) is 13.3 Å². The quantitative estimate of drug-likeness (QED) is 0.342. The van der Waals surface area contributed by atoms with Gasteiger partial charge >= 0.3 is 0 Å². The number of aliphatic imine (C=N–C) groups is 1. The summed E-state index contributed by atoms with van der Waals surface area (Å²) in [7, 11) is -3.06. The zero-order chi connectivity index (χ0) is 19.3. The largest absolute Gasteiger partial charge is 0.506 e. The Kier molecular flexibility index (Phi) is 8.62. The van der Waals surface area contributed by atoms with Gasteiger partial charge in [-0.15, -0.1) is 24.0 Å². The molecule has 0 saturated carbocycles.